The molecule has 0 aliphatic carbocycles. The normalized spacial score (nSPS) is 10.5. The lowest BCUT2D eigenvalue weighted by molar-refractivity contribution is 0.112. The van der Waals surface area contributed by atoms with E-state index in [1.54, 1.807) is 6.20 Å². The maximum absolute atomic E-state index is 10.7. The molecule has 0 N–H and O–H groups in total. The summed E-state index contributed by atoms with van der Waals surface area (Å²) < 4.78 is 0. The molecule has 0 fully saturated rings. The summed E-state index contributed by atoms with van der Waals surface area (Å²) in [7, 11) is 0. The number of hydrogen-bond acceptors (Lipinski definition) is 3. The first-order valence-electron chi connectivity index (χ1n) is 5.89. The van der Waals surface area contributed by atoms with Crippen LogP contribution in [0.15, 0.2) is 30.5 Å². The Balaban J connectivity index is 2.61. The van der Waals surface area contributed by atoms with Crippen molar-refractivity contribution in [3.63, 3.8) is 0 Å². The zero-order valence-electron chi connectivity index (χ0n) is 10.2. The minimum absolute atomic E-state index is 0.668. The molecular formula is C14H16N2O. The van der Waals surface area contributed by atoms with Crippen LogP contribution in [0.2, 0.25) is 0 Å². The number of carbonyl (C=O) groups excluding carboxylic acids is 1. The van der Waals surface area contributed by atoms with E-state index in [1.165, 1.54) is 5.69 Å². The predicted octanol–water partition coefficient (Wildman–Crippen LogP) is 2.89. The van der Waals surface area contributed by atoms with Crippen molar-refractivity contribution in [1.29, 1.82) is 0 Å². The van der Waals surface area contributed by atoms with Crippen LogP contribution in [0.5, 0.6) is 0 Å². The van der Waals surface area contributed by atoms with Crippen molar-refractivity contribution in [2.24, 2.45) is 0 Å². The number of aldehydes is 1. The van der Waals surface area contributed by atoms with Gasteiger partial charge in [0.1, 0.15) is 6.29 Å². The molecular weight excluding hydrogens is 212 g/mol. The van der Waals surface area contributed by atoms with Crippen molar-refractivity contribution in [3.8, 4) is 0 Å². The highest BCUT2D eigenvalue weighted by Gasteiger charge is 2.07. The van der Waals surface area contributed by atoms with Crippen LogP contribution >= 0.6 is 0 Å². The van der Waals surface area contributed by atoms with Gasteiger partial charge in [-0.1, -0.05) is 12.1 Å². The van der Waals surface area contributed by atoms with Crippen molar-refractivity contribution < 1.29 is 4.79 Å². The fourth-order valence-electron chi connectivity index (χ4n) is 2.06. The summed E-state index contributed by atoms with van der Waals surface area (Å²) in [5.74, 6) is 0. The summed E-state index contributed by atoms with van der Waals surface area (Å²) in [6, 6.07) is 7.66. The Morgan fingerprint density at radius 1 is 1.24 bits per heavy atom. The topological polar surface area (TPSA) is 33.2 Å². The van der Waals surface area contributed by atoms with Crippen molar-refractivity contribution in [2.45, 2.75) is 13.8 Å². The second-order valence-electron chi connectivity index (χ2n) is 3.90. The molecule has 0 saturated carbocycles. The molecule has 2 rings (SSSR count). The van der Waals surface area contributed by atoms with Crippen molar-refractivity contribution in [3.05, 3.63) is 36.0 Å². The van der Waals surface area contributed by atoms with Gasteiger partial charge in [0, 0.05) is 35.9 Å². The highest BCUT2D eigenvalue weighted by atomic mass is 16.1. The third-order valence-corrected chi connectivity index (χ3v) is 2.98. The number of rotatable bonds is 4. The fourth-order valence-corrected chi connectivity index (χ4v) is 2.06. The number of carbonyl (C=O) groups is 1. The second kappa shape index (κ2) is 4.95. The molecule has 0 bridgehead atoms. The molecule has 3 heteroatoms. The molecule has 1 aromatic carbocycles. The van der Waals surface area contributed by atoms with Crippen molar-refractivity contribution >= 4 is 22.9 Å². The Hall–Kier alpha value is -1.90. The molecule has 3 nitrogen and oxygen atoms in total. The van der Waals surface area contributed by atoms with Gasteiger partial charge in [0.25, 0.3) is 0 Å². The Labute approximate surface area is 101 Å². The van der Waals surface area contributed by atoms with E-state index in [0.29, 0.717) is 5.56 Å². The predicted molar refractivity (Wildman–Crippen MR) is 70.7 cm³/mol. The summed E-state index contributed by atoms with van der Waals surface area (Å²) >= 11 is 0. The Kier molecular flexibility index (Phi) is 3.38. The Morgan fingerprint density at radius 3 is 2.65 bits per heavy atom. The van der Waals surface area contributed by atoms with Gasteiger partial charge in [-0.05, 0) is 26.0 Å². The highest BCUT2D eigenvalue weighted by molar-refractivity contribution is 5.94. The molecule has 88 valence electrons. The number of pyridine rings is 1. The lowest BCUT2D eigenvalue weighted by atomic mass is 10.1. The molecule has 0 saturated heterocycles. The smallest absolute Gasteiger partial charge is 0.150 e. The average Bonchev–Trinajstić information content (AvgIpc) is 2.39. The molecule has 1 heterocycles. The van der Waals surface area contributed by atoms with E-state index in [0.717, 1.165) is 30.3 Å². The van der Waals surface area contributed by atoms with Gasteiger partial charge in [-0.2, -0.15) is 0 Å². The minimum Gasteiger partial charge on any atom is -0.371 e. The molecule has 0 atom stereocenters. The van der Waals surface area contributed by atoms with Gasteiger partial charge >= 0.3 is 0 Å². The van der Waals surface area contributed by atoms with E-state index in [2.05, 4.69) is 23.7 Å². The van der Waals surface area contributed by atoms with Gasteiger partial charge < -0.3 is 4.90 Å². The van der Waals surface area contributed by atoms with E-state index in [-0.39, 0.29) is 0 Å². The molecule has 0 aliphatic heterocycles. The van der Waals surface area contributed by atoms with Crippen LogP contribution in [0.25, 0.3) is 10.9 Å². The van der Waals surface area contributed by atoms with E-state index < -0.39 is 0 Å². The molecule has 1 aromatic heterocycles. The third-order valence-electron chi connectivity index (χ3n) is 2.98. The van der Waals surface area contributed by atoms with E-state index in [1.807, 2.05) is 24.3 Å². The SMILES string of the molecule is CCN(CC)c1ccnc2cc(C=O)ccc12. The van der Waals surface area contributed by atoms with Crippen LogP contribution < -0.4 is 4.90 Å². The lowest BCUT2D eigenvalue weighted by Gasteiger charge is -2.22. The molecule has 0 spiro atoms. The molecule has 0 unspecified atom stereocenters. The zero-order valence-corrected chi connectivity index (χ0v) is 10.2. The third kappa shape index (κ3) is 2.13. The first kappa shape index (κ1) is 11.6. The molecule has 17 heavy (non-hydrogen) atoms. The number of aromatic nitrogens is 1. The number of anilines is 1. The number of nitrogens with zero attached hydrogens (tertiary/aromatic N) is 2. The minimum atomic E-state index is 0.668. The fraction of sp³-hybridized carbons (Fsp3) is 0.286. The van der Waals surface area contributed by atoms with Gasteiger partial charge in [0.05, 0.1) is 5.52 Å². The number of benzene rings is 1. The zero-order chi connectivity index (χ0) is 12.3. The second-order valence-corrected chi connectivity index (χ2v) is 3.90. The van der Waals surface area contributed by atoms with Crippen LogP contribution in [0.4, 0.5) is 5.69 Å². The maximum atomic E-state index is 10.7. The Morgan fingerprint density at radius 2 is 2.00 bits per heavy atom. The van der Waals surface area contributed by atoms with Gasteiger partial charge in [0.2, 0.25) is 0 Å². The first-order chi connectivity index (χ1) is 8.30. The summed E-state index contributed by atoms with van der Waals surface area (Å²) in [6.45, 7) is 6.20. The van der Waals surface area contributed by atoms with Gasteiger partial charge in [-0.3, -0.25) is 9.78 Å². The molecule has 0 aliphatic rings. The number of fused-ring (bicyclic) bond motifs is 1. The van der Waals surface area contributed by atoms with Crippen LogP contribution in [-0.2, 0) is 0 Å². The standard InChI is InChI=1S/C14H16N2O/c1-3-16(4-2)14-7-8-15-13-9-11(10-17)5-6-12(13)14/h5-10H,3-4H2,1-2H3. The summed E-state index contributed by atoms with van der Waals surface area (Å²) in [5, 5.41) is 1.10. The Bertz CT molecular complexity index is 533. The summed E-state index contributed by atoms with van der Waals surface area (Å²) in [5.41, 5.74) is 2.72. The van der Waals surface area contributed by atoms with Crippen LogP contribution in [0.1, 0.15) is 24.2 Å². The molecule has 0 radical (unpaired) electrons. The summed E-state index contributed by atoms with van der Waals surface area (Å²) in [6.07, 6.45) is 2.65. The first-order valence-corrected chi connectivity index (χ1v) is 5.89. The van der Waals surface area contributed by atoms with Gasteiger partial charge in [-0.25, -0.2) is 0 Å². The maximum Gasteiger partial charge on any atom is 0.150 e. The molecule has 2 aromatic rings. The van der Waals surface area contributed by atoms with E-state index in [9.17, 15) is 4.79 Å². The lowest BCUT2D eigenvalue weighted by Crippen LogP contribution is -2.22. The average molecular weight is 228 g/mol. The van der Waals surface area contributed by atoms with Gasteiger partial charge in [0.15, 0.2) is 0 Å². The van der Waals surface area contributed by atoms with Crippen molar-refractivity contribution in [1.82, 2.24) is 4.98 Å². The van der Waals surface area contributed by atoms with Crippen LogP contribution in [0, 0.1) is 0 Å². The van der Waals surface area contributed by atoms with Crippen molar-refractivity contribution in [2.75, 3.05) is 18.0 Å². The monoisotopic (exact) mass is 228 g/mol. The van der Waals surface area contributed by atoms with E-state index >= 15 is 0 Å². The number of hydrogen-bond donors (Lipinski definition) is 0. The summed E-state index contributed by atoms with van der Waals surface area (Å²) in [4.78, 5) is 17.3. The quantitative estimate of drug-likeness (QED) is 0.754. The van der Waals surface area contributed by atoms with Crippen LogP contribution in [-0.4, -0.2) is 24.4 Å². The van der Waals surface area contributed by atoms with Crippen LogP contribution in [0.3, 0.4) is 0 Å². The highest BCUT2D eigenvalue weighted by Crippen LogP contribution is 2.25. The molecule has 0 amide bonds. The largest absolute Gasteiger partial charge is 0.371 e. The van der Waals surface area contributed by atoms with E-state index in [4.69, 9.17) is 0 Å². The van der Waals surface area contributed by atoms with Gasteiger partial charge in [-0.15, -0.1) is 0 Å².